The van der Waals surface area contributed by atoms with Gasteiger partial charge in [0.1, 0.15) is 11.5 Å². The molecule has 0 bridgehead atoms. The van der Waals surface area contributed by atoms with Crippen LogP contribution < -0.4 is 20.1 Å². The lowest BCUT2D eigenvalue weighted by atomic mass is 10.1. The highest BCUT2D eigenvalue weighted by atomic mass is 16.5. The molecule has 0 saturated heterocycles. The number of anilines is 2. The van der Waals surface area contributed by atoms with E-state index in [-0.39, 0.29) is 18.4 Å². The molecule has 170 valence electrons. The van der Waals surface area contributed by atoms with Gasteiger partial charge in [-0.25, -0.2) is 0 Å². The normalized spacial score (nSPS) is 10.3. The Hall–Kier alpha value is -4.58. The average Bonchev–Trinajstić information content (AvgIpc) is 2.89. The molecule has 0 aromatic heterocycles. The Labute approximate surface area is 198 Å². The van der Waals surface area contributed by atoms with Gasteiger partial charge in [0.25, 0.3) is 11.8 Å². The molecule has 2 N–H and O–H groups in total. The summed E-state index contributed by atoms with van der Waals surface area (Å²) in [6, 6.07) is 31.3. The van der Waals surface area contributed by atoms with E-state index in [1.54, 1.807) is 42.5 Å². The number of carbonyl (C=O) groups is 2. The molecular weight excluding hydrogens is 428 g/mol. The molecule has 0 aliphatic rings. The molecule has 0 atom stereocenters. The van der Waals surface area contributed by atoms with Gasteiger partial charge in [0.2, 0.25) is 0 Å². The molecule has 6 heteroatoms. The van der Waals surface area contributed by atoms with Crippen molar-refractivity contribution in [2.75, 3.05) is 24.4 Å². The Bertz CT molecular complexity index is 1290. The van der Waals surface area contributed by atoms with Gasteiger partial charge in [-0.3, -0.25) is 9.59 Å². The zero-order valence-corrected chi connectivity index (χ0v) is 18.7. The minimum atomic E-state index is -0.375. The summed E-state index contributed by atoms with van der Waals surface area (Å²) < 4.78 is 11.1. The third kappa shape index (κ3) is 5.42. The van der Waals surface area contributed by atoms with E-state index in [1.165, 1.54) is 7.11 Å². The van der Waals surface area contributed by atoms with Crippen LogP contribution in [0.2, 0.25) is 0 Å². The summed E-state index contributed by atoms with van der Waals surface area (Å²) in [4.78, 5) is 25.6. The van der Waals surface area contributed by atoms with E-state index in [1.807, 2.05) is 60.7 Å². The van der Waals surface area contributed by atoms with Crippen molar-refractivity contribution >= 4 is 23.2 Å². The number of rotatable bonds is 8. The number of benzene rings is 4. The standard InChI is InChI=1S/C28H24N2O4/c1-33-26-18-10-8-16-24(26)30-28(32)22-14-5-7-15-23(22)29-27(31)19-34-25-17-9-6-13-21(25)20-11-3-2-4-12-20/h2-18H,19H2,1H3,(H,29,31)(H,30,32). The van der Waals surface area contributed by atoms with Gasteiger partial charge in [-0.2, -0.15) is 0 Å². The highest BCUT2D eigenvalue weighted by Crippen LogP contribution is 2.29. The fourth-order valence-electron chi connectivity index (χ4n) is 3.51. The van der Waals surface area contributed by atoms with Crippen LogP contribution in [0.3, 0.4) is 0 Å². The van der Waals surface area contributed by atoms with Gasteiger partial charge in [0, 0.05) is 5.56 Å². The zero-order valence-electron chi connectivity index (χ0n) is 18.7. The van der Waals surface area contributed by atoms with E-state index in [9.17, 15) is 9.59 Å². The SMILES string of the molecule is COc1ccccc1NC(=O)c1ccccc1NC(=O)COc1ccccc1-c1ccccc1. The molecule has 6 nitrogen and oxygen atoms in total. The minimum absolute atomic E-state index is 0.202. The second kappa shape index (κ2) is 10.8. The Balaban J connectivity index is 1.45. The van der Waals surface area contributed by atoms with Crippen LogP contribution in [0.15, 0.2) is 103 Å². The topological polar surface area (TPSA) is 76.7 Å². The molecule has 4 rings (SSSR count). The Morgan fingerprint density at radius 1 is 0.676 bits per heavy atom. The number of hydrogen-bond donors (Lipinski definition) is 2. The number of para-hydroxylation sites is 4. The predicted octanol–water partition coefficient (Wildman–Crippen LogP) is 5.63. The molecule has 0 aliphatic carbocycles. The highest BCUT2D eigenvalue weighted by molar-refractivity contribution is 6.10. The summed E-state index contributed by atoms with van der Waals surface area (Å²) in [5, 5.41) is 5.61. The average molecular weight is 453 g/mol. The predicted molar refractivity (Wildman–Crippen MR) is 133 cm³/mol. The number of amides is 2. The summed E-state index contributed by atoms with van der Waals surface area (Å²) in [7, 11) is 1.54. The second-order valence-corrected chi connectivity index (χ2v) is 7.40. The van der Waals surface area contributed by atoms with Gasteiger partial charge >= 0.3 is 0 Å². The summed E-state index contributed by atoms with van der Waals surface area (Å²) in [5.74, 6) is 0.407. The molecule has 0 spiro atoms. The molecule has 0 saturated carbocycles. The molecule has 0 unspecified atom stereocenters. The number of carbonyl (C=O) groups excluding carboxylic acids is 2. The first-order chi connectivity index (χ1) is 16.7. The van der Waals surface area contributed by atoms with Crippen LogP contribution in [0.25, 0.3) is 11.1 Å². The lowest BCUT2D eigenvalue weighted by Gasteiger charge is -2.14. The van der Waals surface area contributed by atoms with E-state index in [0.29, 0.717) is 28.4 Å². The van der Waals surface area contributed by atoms with E-state index in [4.69, 9.17) is 9.47 Å². The smallest absolute Gasteiger partial charge is 0.262 e. The van der Waals surface area contributed by atoms with Crippen molar-refractivity contribution in [1.82, 2.24) is 0 Å². The maximum atomic E-state index is 12.9. The third-order valence-electron chi connectivity index (χ3n) is 5.13. The molecule has 0 heterocycles. The van der Waals surface area contributed by atoms with Gasteiger partial charge in [0.15, 0.2) is 6.61 Å². The van der Waals surface area contributed by atoms with Crippen LogP contribution in [0.1, 0.15) is 10.4 Å². The van der Waals surface area contributed by atoms with Crippen molar-refractivity contribution in [2.24, 2.45) is 0 Å². The zero-order chi connectivity index (χ0) is 23.8. The van der Waals surface area contributed by atoms with E-state index >= 15 is 0 Å². The summed E-state index contributed by atoms with van der Waals surface area (Å²) >= 11 is 0. The molecule has 34 heavy (non-hydrogen) atoms. The molecule has 0 radical (unpaired) electrons. The second-order valence-electron chi connectivity index (χ2n) is 7.40. The first-order valence-electron chi connectivity index (χ1n) is 10.8. The molecular formula is C28H24N2O4. The lowest BCUT2D eigenvalue weighted by molar-refractivity contribution is -0.118. The van der Waals surface area contributed by atoms with E-state index < -0.39 is 0 Å². The minimum Gasteiger partial charge on any atom is -0.495 e. The van der Waals surface area contributed by atoms with Gasteiger partial charge in [-0.1, -0.05) is 72.8 Å². The Kier molecular flexibility index (Phi) is 7.20. The monoisotopic (exact) mass is 452 g/mol. The summed E-state index contributed by atoms with van der Waals surface area (Å²) in [6.45, 7) is -0.202. The number of nitrogens with one attached hydrogen (secondary N) is 2. The van der Waals surface area contributed by atoms with E-state index in [2.05, 4.69) is 10.6 Å². The van der Waals surface area contributed by atoms with Crippen molar-refractivity contribution in [1.29, 1.82) is 0 Å². The largest absolute Gasteiger partial charge is 0.495 e. The van der Waals surface area contributed by atoms with Crippen molar-refractivity contribution < 1.29 is 19.1 Å². The van der Waals surface area contributed by atoms with Gasteiger partial charge in [0.05, 0.1) is 24.0 Å². The molecule has 0 fully saturated rings. The fourth-order valence-corrected chi connectivity index (χ4v) is 3.51. The van der Waals surface area contributed by atoms with Crippen LogP contribution in [0, 0.1) is 0 Å². The molecule has 4 aromatic carbocycles. The first kappa shape index (κ1) is 22.6. The molecule has 0 aliphatic heterocycles. The van der Waals surface area contributed by atoms with Crippen molar-refractivity contribution in [3.05, 3.63) is 109 Å². The van der Waals surface area contributed by atoms with Crippen molar-refractivity contribution in [3.8, 4) is 22.6 Å². The van der Waals surface area contributed by atoms with Gasteiger partial charge in [-0.15, -0.1) is 0 Å². The van der Waals surface area contributed by atoms with Crippen LogP contribution in [0.5, 0.6) is 11.5 Å². The van der Waals surface area contributed by atoms with Crippen LogP contribution >= 0.6 is 0 Å². The maximum absolute atomic E-state index is 12.9. The summed E-state index contributed by atoms with van der Waals surface area (Å²) in [5.41, 5.74) is 3.15. The number of hydrogen-bond acceptors (Lipinski definition) is 4. The van der Waals surface area contributed by atoms with Crippen LogP contribution in [-0.2, 0) is 4.79 Å². The molecule has 2 amide bonds. The summed E-state index contributed by atoms with van der Waals surface area (Å²) in [6.07, 6.45) is 0. The number of methoxy groups -OCH3 is 1. The molecule has 4 aromatic rings. The maximum Gasteiger partial charge on any atom is 0.262 e. The first-order valence-corrected chi connectivity index (χ1v) is 10.8. The quantitative estimate of drug-likeness (QED) is 0.363. The highest BCUT2D eigenvalue weighted by Gasteiger charge is 2.16. The third-order valence-corrected chi connectivity index (χ3v) is 5.13. The Morgan fingerprint density at radius 3 is 2.06 bits per heavy atom. The lowest BCUT2D eigenvalue weighted by Crippen LogP contribution is -2.23. The van der Waals surface area contributed by atoms with Gasteiger partial charge in [-0.05, 0) is 35.9 Å². The van der Waals surface area contributed by atoms with Crippen LogP contribution in [-0.4, -0.2) is 25.5 Å². The van der Waals surface area contributed by atoms with Crippen molar-refractivity contribution in [3.63, 3.8) is 0 Å². The van der Waals surface area contributed by atoms with Gasteiger partial charge < -0.3 is 20.1 Å². The number of ether oxygens (including phenoxy) is 2. The van der Waals surface area contributed by atoms with E-state index in [0.717, 1.165) is 11.1 Å². The van der Waals surface area contributed by atoms with Crippen LogP contribution in [0.4, 0.5) is 11.4 Å². The fraction of sp³-hybridized carbons (Fsp3) is 0.0714. The Morgan fingerprint density at radius 2 is 1.29 bits per heavy atom. The van der Waals surface area contributed by atoms with Crippen molar-refractivity contribution in [2.45, 2.75) is 0 Å².